The largest absolute Gasteiger partial charge is 0.495 e. The van der Waals surface area contributed by atoms with Crippen LogP contribution in [0.5, 0.6) is 5.75 Å². The molecule has 1 heterocycles. The van der Waals surface area contributed by atoms with Crippen molar-refractivity contribution in [2.45, 2.75) is 0 Å². The molecule has 7 heteroatoms. The predicted molar refractivity (Wildman–Crippen MR) is 75.1 cm³/mol. The third-order valence-corrected chi connectivity index (χ3v) is 2.66. The molecule has 7 nitrogen and oxygen atoms in total. The fourth-order valence-electron chi connectivity index (χ4n) is 1.68. The summed E-state index contributed by atoms with van der Waals surface area (Å²) in [6.45, 7) is -0.383. The number of aromatic nitrogens is 2. The van der Waals surface area contributed by atoms with Crippen LogP contribution in [0.3, 0.4) is 0 Å². The van der Waals surface area contributed by atoms with Crippen molar-refractivity contribution in [2.75, 3.05) is 19.0 Å². The average molecular weight is 289 g/mol. The number of hydrogen-bond donors (Lipinski definition) is 1. The highest BCUT2D eigenvalue weighted by Gasteiger charge is 2.13. The molecule has 0 saturated carbocycles. The van der Waals surface area contributed by atoms with E-state index in [-0.39, 0.29) is 6.61 Å². The van der Waals surface area contributed by atoms with E-state index in [0.29, 0.717) is 17.0 Å². The lowest BCUT2D eigenvalue weighted by atomic mass is 10.3. The number of carbonyl (C=O) groups excluding carboxylic acids is 2. The lowest BCUT2D eigenvalue weighted by Gasteiger charge is -2.09. The number of nitrogens with one attached hydrogen (secondary N) is 1. The number of amides is 1. The van der Waals surface area contributed by atoms with Gasteiger partial charge in [0.1, 0.15) is 5.75 Å². The van der Waals surface area contributed by atoms with E-state index in [9.17, 15) is 9.59 Å². The van der Waals surface area contributed by atoms with Crippen LogP contribution < -0.4 is 10.1 Å². The minimum atomic E-state index is -0.599. The van der Waals surface area contributed by atoms with Gasteiger partial charge >= 0.3 is 5.97 Å². The molecule has 1 N–H and O–H groups in total. The fourth-order valence-corrected chi connectivity index (χ4v) is 1.68. The van der Waals surface area contributed by atoms with Crippen LogP contribution in [0.1, 0.15) is 10.4 Å². The molecule has 2 aromatic rings. The molecule has 0 atom stereocenters. The predicted octanol–water partition coefficient (Wildman–Crippen LogP) is 1.22. The first-order valence-corrected chi connectivity index (χ1v) is 6.19. The zero-order valence-corrected chi connectivity index (χ0v) is 11.7. The summed E-state index contributed by atoms with van der Waals surface area (Å²) in [6, 6.07) is 6.97. The van der Waals surface area contributed by atoms with Crippen molar-refractivity contribution in [3.63, 3.8) is 0 Å². The second-order valence-electron chi connectivity index (χ2n) is 4.23. The Labute approximate surface area is 121 Å². The van der Waals surface area contributed by atoms with Gasteiger partial charge in [0.05, 0.1) is 24.6 Å². The second kappa shape index (κ2) is 6.56. The summed E-state index contributed by atoms with van der Waals surface area (Å²) in [5, 5.41) is 6.47. The first-order chi connectivity index (χ1) is 10.1. The van der Waals surface area contributed by atoms with Crippen molar-refractivity contribution < 1.29 is 19.1 Å². The van der Waals surface area contributed by atoms with Crippen molar-refractivity contribution >= 4 is 17.6 Å². The van der Waals surface area contributed by atoms with E-state index in [1.165, 1.54) is 24.2 Å². The number of para-hydroxylation sites is 2. The van der Waals surface area contributed by atoms with E-state index in [1.807, 2.05) is 0 Å². The summed E-state index contributed by atoms with van der Waals surface area (Å²) in [4.78, 5) is 23.4. The standard InChI is InChI=1S/C14H15N3O4/c1-17-8-10(7-15-17)14(19)21-9-13(18)16-11-5-3-4-6-12(11)20-2/h3-8H,9H2,1-2H3,(H,16,18). The van der Waals surface area contributed by atoms with Gasteiger partial charge < -0.3 is 14.8 Å². The molecule has 0 fully saturated rings. The molecule has 0 saturated heterocycles. The number of anilines is 1. The van der Waals surface area contributed by atoms with Crippen LogP contribution in [0.15, 0.2) is 36.7 Å². The van der Waals surface area contributed by atoms with Crippen molar-refractivity contribution in [1.29, 1.82) is 0 Å². The molecule has 110 valence electrons. The zero-order valence-electron chi connectivity index (χ0n) is 11.7. The molecule has 0 radical (unpaired) electrons. The number of rotatable bonds is 5. The second-order valence-corrected chi connectivity index (χ2v) is 4.23. The minimum absolute atomic E-state index is 0.294. The molecule has 1 aromatic heterocycles. The monoisotopic (exact) mass is 289 g/mol. The Hall–Kier alpha value is -2.83. The molecule has 0 unspecified atom stereocenters. The summed E-state index contributed by atoms with van der Waals surface area (Å²) in [5.74, 6) is -0.514. The normalized spacial score (nSPS) is 10.0. The molecule has 0 bridgehead atoms. The Kier molecular flexibility index (Phi) is 4.55. The fraction of sp³-hybridized carbons (Fsp3) is 0.214. The van der Waals surface area contributed by atoms with Gasteiger partial charge in [0.15, 0.2) is 6.61 Å². The highest BCUT2D eigenvalue weighted by atomic mass is 16.5. The maximum atomic E-state index is 11.8. The van der Waals surface area contributed by atoms with Crippen molar-refractivity contribution in [2.24, 2.45) is 7.05 Å². The highest BCUT2D eigenvalue weighted by Crippen LogP contribution is 2.22. The Balaban J connectivity index is 1.89. The maximum absolute atomic E-state index is 11.8. The molecule has 0 spiro atoms. The minimum Gasteiger partial charge on any atom is -0.495 e. The van der Waals surface area contributed by atoms with Gasteiger partial charge in [-0.15, -0.1) is 0 Å². The van der Waals surface area contributed by atoms with Gasteiger partial charge in [-0.1, -0.05) is 12.1 Å². The molecule has 2 rings (SSSR count). The molecule has 1 amide bonds. The lowest BCUT2D eigenvalue weighted by molar-refractivity contribution is -0.119. The Morgan fingerprint density at radius 1 is 1.33 bits per heavy atom. The molecule has 0 aliphatic rings. The number of ether oxygens (including phenoxy) is 2. The molecule has 21 heavy (non-hydrogen) atoms. The zero-order chi connectivity index (χ0) is 15.2. The third-order valence-electron chi connectivity index (χ3n) is 2.66. The van der Waals surface area contributed by atoms with Gasteiger partial charge in [-0.25, -0.2) is 4.79 Å². The van der Waals surface area contributed by atoms with Crippen molar-refractivity contribution in [3.05, 3.63) is 42.2 Å². The van der Waals surface area contributed by atoms with Crippen LogP contribution in [0.25, 0.3) is 0 Å². The number of aryl methyl sites for hydroxylation is 1. The van der Waals surface area contributed by atoms with Gasteiger partial charge in [0.2, 0.25) is 0 Å². The molecular formula is C14H15N3O4. The molecule has 0 aliphatic heterocycles. The van der Waals surface area contributed by atoms with Crippen LogP contribution in [0.2, 0.25) is 0 Å². The molecule has 1 aromatic carbocycles. The Morgan fingerprint density at radius 2 is 2.10 bits per heavy atom. The lowest BCUT2D eigenvalue weighted by Crippen LogP contribution is -2.21. The van der Waals surface area contributed by atoms with E-state index < -0.39 is 11.9 Å². The summed E-state index contributed by atoms with van der Waals surface area (Å²) < 4.78 is 11.5. The smallest absolute Gasteiger partial charge is 0.341 e. The van der Waals surface area contributed by atoms with Crippen LogP contribution >= 0.6 is 0 Å². The summed E-state index contributed by atoms with van der Waals surface area (Å²) >= 11 is 0. The highest BCUT2D eigenvalue weighted by molar-refractivity contribution is 5.96. The van der Waals surface area contributed by atoms with Crippen molar-refractivity contribution in [3.8, 4) is 5.75 Å². The summed E-state index contributed by atoms with van der Waals surface area (Å²) in [7, 11) is 3.19. The van der Waals surface area contributed by atoms with Crippen LogP contribution in [0, 0.1) is 0 Å². The molecule has 0 aliphatic carbocycles. The van der Waals surface area contributed by atoms with Gasteiger partial charge in [0, 0.05) is 13.2 Å². The number of nitrogens with zero attached hydrogens (tertiary/aromatic N) is 2. The first kappa shape index (κ1) is 14.6. The van der Waals surface area contributed by atoms with E-state index in [2.05, 4.69) is 10.4 Å². The molecular weight excluding hydrogens is 274 g/mol. The number of benzene rings is 1. The van der Waals surface area contributed by atoms with Crippen LogP contribution in [-0.4, -0.2) is 35.4 Å². The maximum Gasteiger partial charge on any atom is 0.341 e. The van der Waals surface area contributed by atoms with Crippen LogP contribution in [-0.2, 0) is 16.6 Å². The van der Waals surface area contributed by atoms with E-state index in [0.717, 1.165) is 0 Å². The first-order valence-electron chi connectivity index (χ1n) is 6.19. The van der Waals surface area contributed by atoms with E-state index in [4.69, 9.17) is 9.47 Å². The third kappa shape index (κ3) is 3.82. The Bertz CT molecular complexity index is 651. The topological polar surface area (TPSA) is 82.4 Å². The van der Waals surface area contributed by atoms with Crippen LogP contribution in [0.4, 0.5) is 5.69 Å². The number of methoxy groups -OCH3 is 1. The summed E-state index contributed by atoms with van der Waals surface area (Å²) in [5.41, 5.74) is 0.810. The van der Waals surface area contributed by atoms with E-state index in [1.54, 1.807) is 31.3 Å². The van der Waals surface area contributed by atoms with E-state index >= 15 is 0 Å². The number of hydrogen-bond acceptors (Lipinski definition) is 5. The SMILES string of the molecule is COc1ccccc1NC(=O)COC(=O)c1cnn(C)c1. The summed E-state index contributed by atoms with van der Waals surface area (Å²) in [6.07, 6.45) is 2.89. The Morgan fingerprint density at radius 3 is 2.76 bits per heavy atom. The number of carbonyl (C=O) groups is 2. The van der Waals surface area contributed by atoms with Gasteiger partial charge in [-0.3, -0.25) is 9.48 Å². The average Bonchev–Trinajstić information content (AvgIpc) is 2.92. The van der Waals surface area contributed by atoms with Gasteiger partial charge in [0.25, 0.3) is 5.91 Å². The van der Waals surface area contributed by atoms with Gasteiger partial charge in [-0.05, 0) is 12.1 Å². The quantitative estimate of drug-likeness (QED) is 0.837. The van der Waals surface area contributed by atoms with Crippen molar-refractivity contribution in [1.82, 2.24) is 9.78 Å². The van der Waals surface area contributed by atoms with Gasteiger partial charge in [-0.2, -0.15) is 5.10 Å². The number of esters is 1.